The molecular formula is C11H12N4OS. The number of hydrogen-bond acceptors (Lipinski definition) is 5. The fourth-order valence-electron chi connectivity index (χ4n) is 1.21. The zero-order chi connectivity index (χ0) is 12.4. The Morgan fingerprint density at radius 1 is 1.47 bits per heavy atom. The minimum atomic E-state index is -0.0489. The van der Waals surface area contributed by atoms with Crippen LogP contribution in [-0.4, -0.2) is 15.8 Å². The van der Waals surface area contributed by atoms with Crippen LogP contribution in [0.4, 0.5) is 0 Å². The van der Waals surface area contributed by atoms with E-state index in [0.717, 1.165) is 16.3 Å². The molecule has 2 rings (SSSR count). The van der Waals surface area contributed by atoms with Gasteiger partial charge in [-0.15, -0.1) is 0 Å². The second-order valence-electron chi connectivity index (χ2n) is 3.51. The van der Waals surface area contributed by atoms with Gasteiger partial charge in [0.05, 0.1) is 5.69 Å². The van der Waals surface area contributed by atoms with Gasteiger partial charge in [-0.3, -0.25) is 10.4 Å². The zero-order valence-electron chi connectivity index (χ0n) is 9.52. The number of nitrogens with one attached hydrogen (secondary N) is 1. The first-order chi connectivity index (χ1) is 8.06. The lowest BCUT2D eigenvalue weighted by atomic mass is 10.3. The normalized spacial score (nSPS) is 10.5. The van der Waals surface area contributed by atoms with E-state index in [1.54, 1.807) is 12.3 Å². The van der Waals surface area contributed by atoms with Crippen molar-refractivity contribution < 1.29 is 4.42 Å². The van der Waals surface area contributed by atoms with Crippen molar-refractivity contribution in [3.05, 3.63) is 35.5 Å². The summed E-state index contributed by atoms with van der Waals surface area (Å²) in [6.45, 7) is 3.77. The fourth-order valence-corrected chi connectivity index (χ4v) is 2.06. The van der Waals surface area contributed by atoms with Gasteiger partial charge in [-0.2, -0.15) is 0 Å². The molecule has 0 bridgehead atoms. The van der Waals surface area contributed by atoms with Crippen molar-refractivity contribution in [1.82, 2.24) is 9.97 Å². The Morgan fingerprint density at radius 2 is 2.24 bits per heavy atom. The molecule has 2 aromatic heterocycles. The largest absolute Gasteiger partial charge is 0.436 e. The molecule has 0 radical (unpaired) electrons. The number of nitrogens with zero attached hydrogens (tertiary/aromatic N) is 2. The summed E-state index contributed by atoms with van der Waals surface area (Å²) in [4.78, 5) is 9.16. The Morgan fingerprint density at radius 3 is 2.82 bits per heavy atom. The van der Waals surface area contributed by atoms with Gasteiger partial charge in [0.2, 0.25) is 0 Å². The van der Waals surface area contributed by atoms with E-state index in [2.05, 4.69) is 9.97 Å². The molecule has 0 fully saturated rings. The molecular weight excluding hydrogens is 236 g/mol. The first kappa shape index (κ1) is 11.7. The molecule has 6 heteroatoms. The number of nitrogens with two attached hydrogens (primary N) is 1. The maximum Gasteiger partial charge on any atom is 0.260 e. The standard InChI is InChI=1S/C11H12N4OS/c1-6-7(2)16-11(15-6)17-8-3-4-14-9(5-8)10(12)13/h3-5H,1-2H3,(H3,12,13). The van der Waals surface area contributed by atoms with Crippen LogP contribution in [-0.2, 0) is 0 Å². The van der Waals surface area contributed by atoms with Gasteiger partial charge in [-0.25, -0.2) is 4.98 Å². The number of pyridine rings is 1. The average Bonchev–Trinajstić information content (AvgIpc) is 2.58. The molecule has 5 nitrogen and oxygen atoms in total. The minimum absolute atomic E-state index is 0.0489. The summed E-state index contributed by atoms with van der Waals surface area (Å²) in [6.07, 6.45) is 1.61. The Bertz CT molecular complexity index is 545. The lowest BCUT2D eigenvalue weighted by molar-refractivity contribution is 0.431. The van der Waals surface area contributed by atoms with E-state index in [9.17, 15) is 0 Å². The minimum Gasteiger partial charge on any atom is -0.436 e. The monoisotopic (exact) mass is 248 g/mol. The summed E-state index contributed by atoms with van der Waals surface area (Å²) >= 11 is 1.38. The van der Waals surface area contributed by atoms with Crippen LogP contribution in [0.15, 0.2) is 32.9 Å². The number of oxazole rings is 1. The van der Waals surface area contributed by atoms with Crippen molar-refractivity contribution in [3.8, 4) is 0 Å². The van der Waals surface area contributed by atoms with Gasteiger partial charge in [0.25, 0.3) is 5.22 Å². The molecule has 0 amide bonds. The molecule has 0 saturated carbocycles. The van der Waals surface area contributed by atoms with Crippen molar-refractivity contribution in [1.29, 1.82) is 5.41 Å². The fraction of sp³-hybridized carbons (Fsp3) is 0.182. The van der Waals surface area contributed by atoms with E-state index < -0.39 is 0 Å². The van der Waals surface area contributed by atoms with E-state index in [1.165, 1.54) is 11.8 Å². The van der Waals surface area contributed by atoms with Crippen LogP contribution in [0.1, 0.15) is 17.1 Å². The van der Waals surface area contributed by atoms with Crippen LogP contribution in [0.25, 0.3) is 0 Å². The molecule has 3 N–H and O–H groups in total. The third-order valence-electron chi connectivity index (χ3n) is 2.22. The van der Waals surface area contributed by atoms with Crippen molar-refractivity contribution in [2.24, 2.45) is 5.73 Å². The highest BCUT2D eigenvalue weighted by Crippen LogP contribution is 2.28. The maximum absolute atomic E-state index is 7.32. The Labute approximate surface area is 103 Å². The summed E-state index contributed by atoms with van der Waals surface area (Å²) in [5.41, 5.74) is 6.71. The number of rotatable bonds is 3. The number of aromatic nitrogens is 2. The third kappa shape index (κ3) is 2.65. The molecule has 0 unspecified atom stereocenters. The molecule has 0 aliphatic rings. The van der Waals surface area contributed by atoms with Gasteiger partial charge in [0.15, 0.2) is 0 Å². The molecule has 2 heterocycles. The van der Waals surface area contributed by atoms with Crippen molar-refractivity contribution in [2.75, 3.05) is 0 Å². The molecule has 88 valence electrons. The zero-order valence-corrected chi connectivity index (χ0v) is 10.3. The van der Waals surface area contributed by atoms with E-state index in [1.807, 2.05) is 19.9 Å². The number of nitrogen functional groups attached to an aromatic ring is 1. The first-order valence-corrected chi connectivity index (χ1v) is 5.80. The Hall–Kier alpha value is -1.82. The maximum atomic E-state index is 7.32. The van der Waals surface area contributed by atoms with Crippen LogP contribution in [0.2, 0.25) is 0 Å². The molecule has 0 aliphatic heterocycles. The van der Waals surface area contributed by atoms with Crippen LogP contribution < -0.4 is 5.73 Å². The van der Waals surface area contributed by atoms with Gasteiger partial charge < -0.3 is 10.2 Å². The van der Waals surface area contributed by atoms with Crippen molar-refractivity contribution in [3.63, 3.8) is 0 Å². The lowest BCUT2D eigenvalue weighted by Gasteiger charge is -2.00. The summed E-state index contributed by atoms with van der Waals surface area (Å²) in [5.74, 6) is 0.764. The molecule has 0 saturated heterocycles. The van der Waals surface area contributed by atoms with E-state index in [-0.39, 0.29) is 5.84 Å². The van der Waals surface area contributed by atoms with Crippen LogP contribution in [0, 0.1) is 19.3 Å². The Kier molecular flexibility index (Phi) is 3.14. The molecule has 0 aliphatic carbocycles. The molecule has 17 heavy (non-hydrogen) atoms. The highest BCUT2D eigenvalue weighted by molar-refractivity contribution is 7.99. The van der Waals surface area contributed by atoms with Crippen molar-refractivity contribution >= 4 is 17.6 Å². The highest BCUT2D eigenvalue weighted by atomic mass is 32.2. The lowest BCUT2D eigenvalue weighted by Crippen LogP contribution is -2.12. The second-order valence-corrected chi connectivity index (χ2v) is 4.54. The summed E-state index contributed by atoms with van der Waals surface area (Å²) < 4.78 is 5.47. The average molecular weight is 248 g/mol. The topological polar surface area (TPSA) is 88.8 Å². The smallest absolute Gasteiger partial charge is 0.260 e. The second kappa shape index (κ2) is 4.58. The number of aryl methyl sites for hydroxylation is 2. The van der Waals surface area contributed by atoms with Gasteiger partial charge in [-0.05, 0) is 37.7 Å². The molecule has 2 aromatic rings. The number of amidine groups is 1. The summed E-state index contributed by atoms with van der Waals surface area (Å²) in [6, 6.07) is 3.56. The SMILES string of the molecule is Cc1nc(Sc2ccnc(C(=N)N)c2)oc1C. The quantitative estimate of drug-likeness (QED) is 0.641. The van der Waals surface area contributed by atoms with Crippen molar-refractivity contribution in [2.45, 2.75) is 24.0 Å². The van der Waals surface area contributed by atoms with E-state index >= 15 is 0 Å². The molecule has 0 aromatic carbocycles. The molecule has 0 atom stereocenters. The van der Waals surface area contributed by atoms with E-state index in [0.29, 0.717) is 10.9 Å². The van der Waals surface area contributed by atoms with Gasteiger partial charge >= 0.3 is 0 Å². The summed E-state index contributed by atoms with van der Waals surface area (Å²) in [7, 11) is 0. The van der Waals surface area contributed by atoms with Crippen LogP contribution in [0.5, 0.6) is 0 Å². The third-order valence-corrected chi connectivity index (χ3v) is 3.06. The van der Waals surface area contributed by atoms with Gasteiger partial charge in [0, 0.05) is 11.1 Å². The highest BCUT2D eigenvalue weighted by Gasteiger charge is 2.08. The Balaban J connectivity index is 2.24. The predicted molar refractivity (Wildman–Crippen MR) is 65.4 cm³/mol. The summed E-state index contributed by atoms with van der Waals surface area (Å²) in [5, 5.41) is 7.90. The van der Waals surface area contributed by atoms with Gasteiger partial charge in [-0.1, -0.05) is 0 Å². The van der Waals surface area contributed by atoms with Crippen LogP contribution in [0.3, 0.4) is 0 Å². The van der Waals surface area contributed by atoms with E-state index in [4.69, 9.17) is 15.6 Å². The van der Waals surface area contributed by atoms with Crippen LogP contribution >= 0.6 is 11.8 Å². The number of hydrogen-bond donors (Lipinski definition) is 2. The predicted octanol–water partition coefficient (Wildman–Crippen LogP) is 2.12. The molecule has 0 spiro atoms. The first-order valence-electron chi connectivity index (χ1n) is 4.98. The van der Waals surface area contributed by atoms with Gasteiger partial charge in [0.1, 0.15) is 17.3 Å².